The largest absolute Gasteiger partial charge is 0.459 e. The van der Waals surface area contributed by atoms with Crippen LogP contribution in [0.4, 0.5) is 4.39 Å². The maximum Gasteiger partial charge on any atom is 0.325 e. The topological polar surface area (TPSA) is 48.2 Å². The fraction of sp³-hybridized carbons (Fsp3) is 0.462. The van der Waals surface area contributed by atoms with Gasteiger partial charge in [0.25, 0.3) is 0 Å². The van der Waals surface area contributed by atoms with Crippen molar-refractivity contribution in [1.82, 2.24) is 5.32 Å². The molecule has 1 aromatic rings. The van der Waals surface area contributed by atoms with Crippen molar-refractivity contribution in [2.24, 2.45) is 0 Å². The Morgan fingerprint density at radius 2 is 2.12 bits per heavy atom. The highest BCUT2D eigenvalue weighted by molar-refractivity contribution is 5.81. The van der Waals surface area contributed by atoms with Crippen molar-refractivity contribution < 1.29 is 13.9 Å². The third kappa shape index (κ3) is 3.03. The molecule has 1 N–H and O–H groups in total. The van der Waals surface area contributed by atoms with E-state index in [4.69, 9.17) is 4.74 Å². The van der Waals surface area contributed by atoms with Gasteiger partial charge in [-0.2, -0.15) is 0 Å². The lowest BCUT2D eigenvalue weighted by atomic mass is 10.1. The Balaban J connectivity index is 1.99. The van der Waals surface area contributed by atoms with Gasteiger partial charge in [0.2, 0.25) is 0 Å². The number of nitrogens with one attached hydrogen (secondary N) is 1. The van der Waals surface area contributed by atoms with Crippen LogP contribution in [0.2, 0.25) is 0 Å². The van der Waals surface area contributed by atoms with E-state index in [0.717, 1.165) is 5.56 Å². The number of hydrogen-bond donors (Lipinski definition) is 1. The first-order valence-electron chi connectivity index (χ1n) is 5.61. The molecule has 92 valence electrons. The molecule has 0 aromatic heterocycles. The molecule has 1 heterocycles. The third-order valence-corrected chi connectivity index (χ3v) is 2.45. The summed E-state index contributed by atoms with van der Waals surface area (Å²) in [5.41, 5.74) is 0.286. The summed E-state index contributed by atoms with van der Waals surface area (Å²) in [7, 11) is 0. The molecule has 1 aliphatic heterocycles. The van der Waals surface area contributed by atoms with Gasteiger partial charge in [0.15, 0.2) is 0 Å². The maximum absolute atomic E-state index is 13.0. The van der Waals surface area contributed by atoms with Crippen LogP contribution in [0, 0.1) is 5.82 Å². The van der Waals surface area contributed by atoms with Gasteiger partial charge in [0.1, 0.15) is 17.5 Å². The van der Waals surface area contributed by atoms with E-state index in [1.807, 2.05) is 20.8 Å². The van der Waals surface area contributed by atoms with E-state index in [2.05, 4.69) is 5.32 Å². The van der Waals surface area contributed by atoms with Crippen LogP contribution in [0.25, 0.3) is 0 Å². The number of rotatable bonds is 2. The quantitative estimate of drug-likeness (QED) is 0.633. The van der Waals surface area contributed by atoms with Crippen molar-refractivity contribution in [3.05, 3.63) is 35.6 Å². The first-order chi connectivity index (χ1) is 7.87. The van der Waals surface area contributed by atoms with Gasteiger partial charge in [0, 0.05) is 0 Å². The number of carbonyl (C=O) groups excluding carboxylic acids is 1. The second-order valence-electron chi connectivity index (χ2n) is 5.21. The van der Waals surface area contributed by atoms with E-state index in [1.165, 1.54) is 12.1 Å². The van der Waals surface area contributed by atoms with E-state index in [9.17, 15) is 9.18 Å². The van der Waals surface area contributed by atoms with Gasteiger partial charge in [-0.3, -0.25) is 10.1 Å². The maximum atomic E-state index is 13.0. The van der Waals surface area contributed by atoms with Gasteiger partial charge >= 0.3 is 5.97 Å². The summed E-state index contributed by atoms with van der Waals surface area (Å²) in [5, 5.41) is 2.99. The van der Waals surface area contributed by atoms with E-state index in [-0.39, 0.29) is 23.9 Å². The number of carbonyl (C=O) groups is 1. The number of esters is 1. The molecule has 0 radical (unpaired) electrons. The highest BCUT2D eigenvalue weighted by Crippen LogP contribution is 2.31. The predicted molar refractivity (Wildman–Crippen MR) is 61.9 cm³/mol. The molecule has 17 heavy (non-hydrogen) atoms. The zero-order chi connectivity index (χ0) is 12.6. The van der Waals surface area contributed by atoms with Crippen molar-refractivity contribution in [1.29, 1.82) is 0 Å². The lowest BCUT2D eigenvalue weighted by molar-refractivity contribution is -0.154. The van der Waals surface area contributed by atoms with Crippen LogP contribution >= 0.6 is 0 Å². The molecule has 1 aromatic carbocycles. The number of benzene rings is 1. The predicted octanol–water partition coefficient (Wildman–Crippen LogP) is 2.18. The van der Waals surface area contributed by atoms with Crippen LogP contribution in [-0.2, 0) is 9.53 Å². The number of halogens is 1. The number of hydrogen-bond acceptors (Lipinski definition) is 3. The molecule has 0 saturated carbocycles. The molecule has 2 atom stereocenters. The molecule has 0 amide bonds. The van der Waals surface area contributed by atoms with Crippen LogP contribution in [0.15, 0.2) is 24.3 Å². The molecule has 0 bridgehead atoms. The standard InChI is InChI=1S/C13H16FNO2/c1-13(2,3)17-12(16)11-10(15-11)8-5-4-6-9(14)7-8/h4-7,10-11,15H,1-3H3/t10-,11+/m0/s1. The zero-order valence-corrected chi connectivity index (χ0v) is 10.2. The van der Waals surface area contributed by atoms with E-state index in [1.54, 1.807) is 12.1 Å². The van der Waals surface area contributed by atoms with Crippen molar-refractivity contribution in [3.63, 3.8) is 0 Å². The average Bonchev–Trinajstić information content (AvgIpc) is 2.94. The second-order valence-corrected chi connectivity index (χ2v) is 5.21. The zero-order valence-electron chi connectivity index (χ0n) is 10.2. The monoisotopic (exact) mass is 237 g/mol. The highest BCUT2D eigenvalue weighted by atomic mass is 19.1. The molecular formula is C13H16FNO2. The van der Waals surface area contributed by atoms with Crippen LogP contribution in [-0.4, -0.2) is 17.6 Å². The molecule has 3 nitrogen and oxygen atoms in total. The third-order valence-electron chi connectivity index (χ3n) is 2.45. The SMILES string of the molecule is CC(C)(C)OC(=O)[C@@H]1N[C@H]1c1cccc(F)c1. The van der Waals surface area contributed by atoms with Gasteiger partial charge in [-0.05, 0) is 38.5 Å². The Hall–Kier alpha value is -1.42. The van der Waals surface area contributed by atoms with Crippen molar-refractivity contribution in [2.75, 3.05) is 0 Å². The summed E-state index contributed by atoms with van der Waals surface area (Å²) in [6.07, 6.45) is 0. The molecule has 0 aliphatic carbocycles. The minimum atomic E-state index is -0.492. The Morgan fingerprint density at radius 3 is 2.71 bits per heavy atom. The van der Waals surface area contributed by atoms with Crippen molar-refractivity contribution >= 4 is 5.97 Å². The van der Waals surface area contributed by atoms with Crippen LogP contribution in [0.1, 0.15) is 32.4 Å². The summed E-state index contributed by atoms with van der Waals surface area (Å²) < 4.78 is 18.3. The Kier molecular flexibility index (Phi) is 2.91. The summed E-state index contributed by atoms with van der Waals surface area (Å²) in [6, 6.07) is 5.77. The first kappa shape index (κ1) is 12.0. The van der Waals surface area contributed by atoms with E-state index in [0.29, 0.717) is 0 Å². The normalized spacial score (nSPS) is 23.3. The molecule has 0 spiro atoms. The molecule has 0 unspecified atom stereocenters. The van der Waals surface area contributed by atoms with Crippen LogP contribution < -0.4 is 5.32 Å². The summed E-state index contributed by atoms with van der Waals surface area (Å²) >= 11 is 0. The molecule has 4 heteroatoms. The van der Waals surface area contributed by atoms with Gasteiger partial charge in [-0.15, -0.1) is 0 Å². The minimum Gasteiger partial charge on any atom is -0.459 e. The fourth-order valence-electron chi connectivity index (χ4n) is 1.70. The summed E-state index contributed by atoms with van der Waals surface area (Å²) in [4.78, 5) is 11.7. The van der Waals surface area contributed by atoms with Crippen LogP contribution in [0.5, 0.6) is 0 Å². The van der Waals surface area contributed by atoms with Gasteiger partial charge < -0.3 is 4.74 Å². The van der Waals surface area contributed by atoms with Crippen molar-refractivity contribution in [2.45, 2.75) is 38.5 Å². The van der Waals surface area contributed by atoms with Gasteiger partial charge in [-0.1, -0.05) is 12.1 Å². The van der Waals surface area contributed by atoms with Crippen LogP contribution in [0.3, 0.4) is 0 Å². The minimum absolute atomic E-state index is 0.124. The molecule has 1 aliphatic rings. The highest BCUT2D eigenvalue weighted by Gasteiger charge is 2.45. The second kappa shape index (κ2) is 4.11. The van der Waals surface area contributed by atoms with Crippen molar-refractivity contribution in [3.8, 4) is 0 Å². The van der Waals surface area contributed by atoms with E-state index >= 15 is 0 Å². The molecule has 2 rings (SSSR count). The van der Waals surface area contributed by atoms with E-state index < -0.39 is 5.60 Å². The first-order valence-corrected chi connectivity index (χ1v) is 5.61. The molecule has 1 fully saturated rings. The fourth-order valence-corrected chi connectivity index (χ4v) is 1.70. The summed E-state index contributed by atoms with van der Waals surface area (Å²) in [5.74, 6) is -0.578. The lowest BCUT2D eigenvalue weighted by Gasteiger charge is -2.19. The molecule has 1 saturated heterocycles. The number of ether oxygens (including phenoxy) is 1. The average molecular weight is 237 g/mol. The lowest BCUT2D eigenvalue weighted by Crippen LogP contribution is -2.27. The Labute approximate surface area is 100.0 Å². The Morgan fingerprint density at radius 1 is 1.41 bits per heavy atom. The smallest absolute Gasteiger partial charge is 0.325 e. The molecular weight excluding hydrogens is 221 g/mol. The Bertz CT molecular complexity index is 439. The summed E-state index contributed by atoms with van der Waals surface area (Å²) in [6.45, 7) is 5.47. The van der Waals surface area contributed by atoms with Gasteiger partial charge in [0.05, 0.1) is 6.04 Å². The van der Waals surface area contributed by atoms with Gasteiger partial charge in [-0.25, -0.2) is 4.39 Å².